The van der Waals surface area contributed by atoms with Crippen LogP contribution in [0.5, 0.6) is 5.75 Å². The van der Waals surface area contributed by atoms with Crippen LogP contribution in [0.25, 0.3) is 0 Å². The van der Waals surface area contributed by atoms with E-state index in [4.69, 9.17) is 9.84 Å². The molecular weight excluding hydrogens is 232 g/mol. The molecule has 1 aromatic rings. The van der Waals surface area contributed by atoms with Gasteiger partial charge >= 0.3 is 6.03 Å². The van der Waals surface area contributed by atoms with Gasteiger partial charge in [0.05, 0.1) is 19.8 Å². The van der Waals surface area contributed by atoms with Crippen molar-refractivity contribution >= 4 is 6.03 Å². The SMILES string of the molecule is COc1ccccc1C1CN(C)C(=O)N1CCO. The minimum atomic E-state index is -0.0641. The third-order valence-electron chi connectivity index (χ3n) is 3.23. The molecule has 1 aliphatic heterocycles. The number of β-amino-alcohol motifs (C(OH)–C–C–N with tert-alkyl or cyclic N) is 1. The Hall–Kier alpha value is -1.75. The largest absolute Gasteiger partial charge is 0.496 e. The van der Waals surface area contributed by atoms with Crippen molar-refractivity contribution < 1.29 is 14.6 Å². The molecule has 0 aliphatic carbocycles. The predicted octanol–water partition coefficient (Wildman–Crippen LogP) is 1.10. The average Bonchev–Trinajstić information content (AvgIpc) is 2.67. The first-order valence-electron chi connectivity index (χ1n) is 5.94. The van der Waals surface area contributed by atoms with E-state index in [0.29, 0.717) is 13.1 Å². The van der Waals surface area contributed by atoms with Gasteiger partial charge in [0.2, 0.25) is 0 Å². The standard InChI is InChI=1S/C13H18N2O3/c1-14-9-11(15(7-8-16)13(14)17)10-5-3-4-6-12(10)18-2/h3-6,11,16H,7-9H2,1-2H3. The number of urea groups is 1. The summed E-state index contributed by atoms with van der Waals surface area (Å²) in [4.78, 5) is 15.3. The molecule has 1 saturated heterocycles. The van der Waals surface area contributed by atoms with E-state index in [2.05, 4.69) is 0 Å². The zero-order chi connectivity index (χ0) is 13.1. The van der Waals surface area contributed by atoms with Crippen molar-refractivity contribution in [1.29, 1.82) is 0 Å². The number of hydrogen-bond donors (Lipinski definition) is 1. The van der Waals surface area contributed by atoms with Gasteiger partial charge in [-0.15, -0.1) is 0 Å². The number of hydrogen-bond acceptors (Lipinski definition) is 3. The van der Waals surface area contributed by atoms with Crippen LogP contribution in [-0.4, -0.2) is 54.8 Å². The van der Waals surface area contributed by atoms with Gasteiger partial charge in [0, 0.05) is 25.7 Å². The molecule has 0 saturated carbocycles. The third-order valence-corrected chi connectivity index (χ3v) is 3.23. The first-order chi connectivity index (χ1) is 8.69. The molecule has 5 heteroatoms. The molecule has 1 fully saturated rings. The summed E-state index contributed by atoms with van der Waals surface area (Å²) in [5.74, 6) is 0.772. The summed E-state index contributed by atoms with van der Waals surface area (Å²) in [6.07, 6.45) is 0. The molecule has 1 unspecified atom stereocenters. The Bertz CT molecular complexity index is 436. The van der Waals surface area contributed by atoms with Crippen LogP contribution in [0.15, 0.2) is 24.3 Å². The molecule has 1 atom stereocenters. The summed E-state index contributed by atoms with van der Waals surface area (Å²) >= 11 is 0. The van der Waals surface area contributed by atoms with Crippen LogP contribution in [-0.2, 0) is 0 Å². The number of benzene rings is 1. The zero-order valence-corrected chi connectivity index (χ0v) is 10.7. The Balaban J connectivity index is 2.33. The van der Waals surface area contributed by atoms with Crippen LogP contribution in [0, 0.1) is 0 Å². The molecule has 1 heterocycles. The lowest BCUT2D eigenvalue weighted by Gasteiger charge is -2.23. The Morgan fingerprint density at radius 1 is 1.44 bits per heavy atom. The maximum absolute atomic E-state index is 12.0. The molecule has 0 bridgehead atoms. The van der Waals surface area contributed by atoms with Crippen molar-refractivity contribution in [1.82, 2.24) is 9.80 Å². The average molecular weight is 250 g/mol. The molecule has 18 heavy (non-hydrogen) atoms. The predicted molar refractivity (Wildman–Crippen MR) is 67.6 cm³/mol. The van der Waals surface area contributed by atoms with E-state index in [1.807, 2.05) is 24.3 Å². The molecule has 98 valence electrons. The lowest BCUT2D eigenvalue weighted by molar-refractivity contribution is 0.171. The molecule has 1 aliphatic rings. The van der Waals surface area contributed by atoms with Crippen molar-refractivity contribution in [3.05, 3.63) is 29.8 Å². The number of amides is 2. The number of nitrogens with zero attached hydrogens (tertiary/aromatic N) is 2. The minimum Gasteiger partial charge on any atom is -0.496 e. The summed E-state index contributed by atoms with van der Waals surface area (Å²) in [7, 11) is 3.39. The number of aliphatic hydroxyl groups excluding tert-OH is 1. The Morgan fingerprint density at radius 2 is 2.17 bits per heavy atom. The van der Waals surface area contributed by atoms with Crippen LogP contribution >= 0.6 is 0 Å². The first-order valence-corrected chi connectivity index (χ1v) is 5.94. The topological polar surface area (TPSA) is 53.0 Å². The van der Waals surface area contributed by atoms with E-state index in [1.165, 1.54) is 0 Å². The van der Waals surface area contributed by atoms with E-state index in [9.17, 15) is 4.79 Å². The highest BCUT2D eigenvalue weighted by Crippen LogP contribution is 2.33. The van der Waals surface area contributed by atoms with E-state index in [-0.39, 0.29) is 18.7 Å². The van der Waals surface area contributed by atoms with Crippen LogP contribution in [0.3, 0.4) is 0 Å². The molecule has 0 radical (unpaired) electrons. The molecule has 0 aromatic heterocycles. The monoisotopic (exact) mass is 250 g/mol. The van der Waals surface area contributed by atoms with E-state index in [1.54, 1.807) is 24.0 Å². The Kier molecular flexibility index (Phi) is 3.72. The van der Waals surface area contributed by atoms with Gasteiger partial charge in [-0.25, -0.2) is 4.79 Å². The van der Waals surface area contributed by atoms with E-state index < -0.39 is 0 Å². The van der Waals surface area contributed by atoms with Crippen molar-refractivity contribution in [3.63, 3.8) is 0 Å². The fraction of sp³-hybridized carbons (Fsp3) is 0.462. The van der Waals surface area contributed by atoms with Crippen LogP contribution < -0.4 is 4.74 Å². The second-order valence-corrected chi connectivity index (χ2v) is 4.34. The highest BCUT2D eigenvalue weighted by atomic mass is 16.5. The molecule has 2 amide bonds. The summed E-state index contributed by atoms with van der Waals surface area (Å²) in [6, 6.07) is 7.55. The van der Waals surface area contributed by atoms with Crippen molar-refractivity contribution in [3.8, 4) is 5.75 Å². The summed E-state index contributed by atoms with van der Waals surface area (Å²) in [6.45, 7) is 0.913. The van der Waals surface area contributed by atoms with E-state index in [0.717, 1.165) is 11.3 Å². The smallest absolute Gasteiger partial charge is 0.320 e. The van der Waals surface area contributed by atoms with Gasteiger partial charge in [-0.3, -0.25) is 0 Å². The first kappa shape index (κ1) is 12.7. The highest BCUT2D eigenvalue weighted by Gasteiger charge is 2.36. The molecule has 5 nitrogen and oxygen atoms in total. The number of ether oxygens (including phenoxy) is 1. The zero-order valence-electron chi connectivity index (χ0n) is 10.7. The van der Waals surface area contributed by atoms with Crippen molar-refractivity contribution in [2.45, 2.75) is 6.04 Å². The molecule has 1 aromatic carbocycles. The fourth-order valence-corrected chi connectivity index (χ4v) is 2.36. The van der Waals surface area contributed by atoms with Crippen LogP contribution in [0.2, 0.25) is 0 Å². The summed E-state index contributed by atoms with van der Waals surface area (Å²) in [5, 5.41) is 9.08. The van der Waals surface area contributed by atoms with Gasteiger partial charge in [0.1, 0.15) is 5.75 Å². The lowest BCUT2D eigenvalue weighted by atomic mass is 10.1. The number of methoxy groups -OCH3 is 1. The van der Waals surface area contributed by atoms with Crippen molar-refractivity contribution in [2.75, 3.05) is 33.9 Å². The Morgan fingerprint density at radius 3 is 2.83 bits per heavy atom. The molecular formula is C13H18N2O3. The van der Waals surface area contributed by atoms with Gasteiger partial charge in [-0.05, 0) is 6.07 Å². The Labute approximate surface area is 107 Å². The summed E-state index contributed by atoms with van der Waals surface area (Å²) in [5.41, 5.74) is 0.978. The maximum atomic E-state index is 12.0. The van der Waals surface area contributed by atoms with Gasteiger partial charge in [-0.2, -0.15) is 0 Å². The lowest BCUT2D eigenvalue weighted by Crippen LogP contribution is -2.33. The molecule has 2 rings (SSSR count). The number of carbonyl (C=O) groups excluding carboxylic acids is 1. The number of para-hydroxylation sites is 1. The quantitative estimate of drug-likeness (QED) is 0.870. The molecule has 1 N–H and O–H groups in total. The van der Waals surface area contributed by atoms with E-state index >= 15 is 0 Å². The van der Waals surface area contributed by atoms with Crippen LogP contribution in [0.1, 0.15) is 11.6 Å². The number of likely N-dealkylation sites (N-methyl/N-ethyl adjacent to an activating group) is 1. The maximum Gasteiger partial charge on any atom is 0.320 e. The second kappa shape index (κ2) is 5.27. The normalized spacial score (nSPS) is 19.5. The summed E-state index contributed by atoms with van der Waals surface area (Å²) < 4.78 is 5.34. The number of carbonyl (C=O) groups is 1. The second-order valence-electron chi connectivity index (χ2n) is 4.34. The molecule has 0 spiro atoms. The van der Waals surface area contributed by atoms with Gasteiger partial charge < -0.3 is 19.6 Å². The number of rotatable bonds is 4. The fourth-order valence-electron chi connectivity index (χ4n) is 2.36. The van der Waals surface area contributed by atoms with Crippen molar-refractivity contribution in [2.24, 2.45) is 0 Å². The number of aliphatic hydroxyl groups is 1. The van der Waals surface area contributed by atoms with Gasteiger partial charge in [0.25, 0.3) is 0 Å². The minimum absolute atomic E-state index is 0.0365. The van der Waals surface area contributed by atoms with Gasteiger partial charge in [0.15, 0.2) is 0 Å². The highest BCUT2D eigenvalue weighted by molar-refractivity contribution is 5.77. The van der Waals surface area contributed by atoms with Gasteiger partial charge in [-0.1, -0.05) is 18.2 Å². The third kappa shape index (κ3) is 2.13. The van der Waals surface area contributed by atoms with Crippen LogP contribution in [0.4, 0.5) is 4.79 Å².